The van der Waals surface area contributed by atoms with Crippen LogP contribution in [0.25, 0.3) is 0 Å². The molecule has 1 aromatic carbocycles. The van der Waals surface area contributed by atoms with E-state index in [1.165, 1.54) is 16.2 Å². The number of nitrogens with two attached hydrogens (primary N) is 1. The SMILES string of the molecule is Cc1ccc(C(=O)NCC2CN(c3ccc(NN)cc3)C(=O)O2)s1. The number of carbonyl (C=O) groups is 2. The predicted octanol–water partition coefficient (Wildman–Crippen LogP) is 2.10. The van der Waals surface area contributed by atoms with Gasteiger partial charge >= 0.3 is 6.09 Å². The fraction of sp³-hybridized carbons (Fsp3) is 0.250. The van der Waals surface area contributed by atoms with E-state index in [1.807, 2.05) is 13.0 Å². The summed E-state index contributed by atoms with van der Waals surface area (Å²) in [7, 11) is 0. The topological polar surface area (TPSA) is 96.7 Å². The molecule has 4 N–H and O–H groups in total. The van der Waals surface area contributed by atoms with Crippen LogP contribution in [0.15, 0.2) is 36.4 Å². The zero-order valence-corrected chi connectivity index (χ0v) is 13.9. The fourth-order valence-electron chi connectivity index (χ4n) is 2.43. The van der Waals surface area contributed by atoms with E-state index in [2.05, 4.69) is 10.7 Å². The molecule has 7 nitrogen and oxygen atoms in total. The Morgan fingerprint density at radius 3 is 2.71 bits per heavy atom. The predicted molar refractivity (Wildman–Crippen MR) is 93.3 cm³/mol. The summed E-state index contributed by atoms with van der Waals surface area (Å²) >= 11 is 1.43. The summed E-state index contributed by atoms with van der Waals surface area (Å²) < 4.78 is 5.31. The average Bonchev–Trinajstić information content (AvgIpc) is 3.18. The minimum Gasteiger partial charge on any atom is -0.442 e. The molecule has 8 heteroatoms. The van der Waals surface area contributed by atoms with E-state index in [-0.39, 0.29) is 18.6 Å². The zero-order chi connectivity index (χ0) is 17.1. The molecule has 1 unspecified atom stereocenters. The van der Waals surface area contributed by atoms with Gasteiger partial charge in [-0.05, 0) is 43.3 Å². The van der Waals surface area contributed by atoms with Gasteiger partial charge in [0.15, 0.2) is 0 Å². The number of nitrogens with one attached hydrogen (secondary N) is 2. The second kappa shape index (κ2) is 6.90. The number of rotatable bonds is 5. The lowest BCUT2D eigenvalue weighted by Gasteiger charge is -2.13. The number of aryl methyl sites for hydroxylation is 1. The normalized spacial score (nSPS) is 16.8. The Labute approximate surface area is 143 Å². The molecule has 126 valence electrons. The molecular weight excluding hydrogens is 328 g/mol. The first-order valence-electron chi connectivity index (χ1n) is 7.46. The number of hydrogen-bond donors (Lipinski definition) is 3. The van der Waals surface area contributed by atoms with Crippen LogP contribution in [0.1, 0.15) is 14.5 Å². The maximum atomic E-state index is 12.0. The van der Waals surface area contributed by atoms with E-state index in [1.54, 1.807) is 30.3 Å². The van der Waals surface area contributed by atoms with Crippen molar-refractivity contribution in [2.75, 3.05) is 23.4 Å². The summed E-state index contributed by atoms with van der Waals surface area (Å²) in [5.74, 6) is 5.17. The van der Waals surface area contributed by atoms with Crippen molar-refractivity contribution in [2.45, 2.75) is 13.0 Å². The van der Waals surface area contributed by atoms with E-state index >= 15 is 0 Å². The van der Waals surface area contributed by atoms with Gasteiger partial charge in [0, 0.05) is 16.3 Å². The molecule has 1 aromatic heterocycles. The summed E-state index contributed by atoms with van der Waals surface area (Å²) in [6.45, 7) is 2.61. The third kappa shape index (κ3) is 3.50. The first kappa shape index (κ1) is 16.3. The van der Waals surface area contributed by atoms with Gasteiger partial charge < -0.3 is 15.5 Å². The molecule has 1 aliphatic rings. The zero-order valence-electron chi connectivity index (χ0n) is 13.1. The first-order valence-corrected chi connectivity index (χ1v) is 8.28. The number of hydrazine groups is 1. The maximum absolute atomic E-state index is 12.0. The Morgan fingerprint density at radius 1 is 1.33 bits per heavy atom. The van der Waals surface area contributed by atoms with Crippen molar-refractivity contribution in [1.82, 2.24) is 5.32 Å². The molecule has 3 rings (SSSR count). The van der Waals surface area contributed by atoms with Crippen LogP contribution >= 0.6 is 11.3 Å². The second-order valence-corrected chi connectivity index (χ2v) is 6.72. The standard InChI is InChI=1S/C16H18N4O3S/c1-10-2-7-14(24-10)15(21)18-8-13-9-20(16(22)23-13)12-5-3-11(19-17)4-6-12/h2-7,13,19H,8-9,17H2,1H3,(H,18,21). The number of cyclic esters (lactones) is 1. The number of hydrogen-bond acceptors (Lipinski definition) is 6. The minimum atomic E-state index is -0.422. The van der Waals surface area contributed by atoms with E-state index in [0.717, 1.165) is 16.3 Å². The Kier molecular flexibility index (Phi) is 4.68. The third-order valence-corrected chi connectivity index (χ3v) is 4.67. The molecule has 0 bridgehead atoms. The number of carbonyl (C=O) groups excluding carboxylic acids is 2. The Hall–Kier alpha value is -2.58. The van der Waals surface area contributed by atoms with Crippen LogP contribution < -0.4 is 21.5 Å². The highest BCUT2D eigenvalue weighted by atomic mass is 32.1. The van der Waals surface area contributed by atoms with Crippen molar-refractivity contribution in [3.05, 3.63) is 46.2 Å². The second-order valence-electron chi connectivity index (χ2n) is 5.43. The highest BCUT2D eigenvalue weighted by Crippen LogP contribution is 2.23. The van der Waals surface area contributed by atoms with E-state index in [9.17, 15) is 9.59 Å². The van der Waals surface area contributed by atoms with Crippen LogP contribution in [0, 0.1) is 6.92 Å². The molecule has 2 aromatic rings. The van der Waals surface area contributed by atoms with E-state index < -0.39 is 6.09 Å². The number of nitrogens with zero attached hydrogens (tertiary/aromatic N) is 1. The summed E-state index contributed by atoms with van der Waals surface area (Å²) in [4.78, 5) is 27.3. The summed E-state index contributed by atoms with van der Waals surface area (Å²) in [6, 6.07) is 10.8. The molecule has 1 saturated heterocycles. The highest BCUT2D eigenvalue weighted by Gasteiger charge is 2.32. The van der Waals surface area contributed by atoms with Crippen molar-refractivity contribution >= 4 is 34.7 Å². The van der Waals surface area contributed by atoms with Gasteiger partial charge in [-0.3, -0.25) is 15.5 Å². The lowest BCUT2D eigenvalue weighted by atomic mass is 10.2. The lowest BCUT2D eigenvalue weighted by molar-refractivity contribution is 0.0920. The van der Waals surface area contributed by atoms with Crippen molar-refractivity contribution in [3.63, 3.8) is 0 Å². The molecular formula is C16H18N4O3S. The Balaban J connectivity index is 1.57. The molecule has 24 heavy (non-hydrogen) atoms. The minimum absolute atomic E-state index is 0.152. The molecule has 2 amide bonds. The molecule has 0 aliphatic carbocycles. The maximum Gasteiger partial charge on any atom is 0.414 e. The fourth-order valence-corrected chi connectivity index (χ4v) is 3.21. The van der Waals surface area contributed by atoms with E-state index in [4.69, 9.17) is 10.6 Å². The van der Waals surface area contributed by atoms with Crippen LogP contribution in [-0.2, 0) is 4.74 Å². The molecule has 0 radical (unpaired) electrons. The van der Waals surface area contributed by atoms with Gasteiger partial charge in [0.05, 0.1) is 18.0 Å². The number of thiophene rings is 1. The molecule has 1 aliphatic heterocycles. The van der Waals surface area contributed by atoms with Gasteiger partial charge in [-0.15, -0.1) is 11.3 Å². The van der Waals surface area contributed by atoms with Crippen LogP contribution in [0.4, 0.5) is 16.2 Å². The van der Waals surface area contributed by atoms with Crippen LogP contribution in [-0.4, -0.2) is 31.2 Å². The first-order chi connectivity index (χ1) is 11.6. The van der Waals surface area contributed by atoms with Crippen molar-refractivity contribution in [3.8, 4) is 0 Å². The van der Waals surface area contributed by atoms with Gasteiger partial charge in [0.1, 0.15) is 6.10 Å². The molecule has 1 atom stereocenters. The quantitative estimate of drug-likeness (QED) is 0.569. The molecule has 0 saturated carbocycles. The third-order valence-electron chi connectivity index (χ3n) is 3.67. The van der Waals surface area contributed by atoms with Crippen LogP contribution in [0.5, 0.6) is 0 Å². The van der Waals surface area contributed by atoms with Crippen LogP contribution in [0.2, 0.25) is 0 Å². The highest BCUT2D eigenvalue weighted by molar-refractivity contribution is 7.13. The monoisotopic (exact) mass is 346 g/mol. The van der Waals surface area contributed by atoms with Crippen LogP contribution in [0.3, 0.4) is 0 Å². The van der Waals surface area contributed by atoms with Crippen molar-refractivity contribution < 1.29 is 14.3 Å². The number of benzene rings is 1. The van der Waals surface area contributed by atoms with Crippen molar-refractivity contribution in [1.29, 1.82) is 0 Å². The largest absolute Gasteiger partial charge is 0.442 e. The Morgan fingerprint density at radius 2 is 2.08 bits per heavy atom. The summed E-state index contributed by atoms with van der Waals surface area (Å²) in [6.07, 6.45) is -0.801. The average molecular weight is 346 g/mol. The smallest absolute Gasteiger partial charge is 0.414 e. The van der Waals surface area contributed by atoms with Gasteiger partial charge in [-0.1, -0.05) is 0 Å². The molecule has 1 fully saturated rings. The van der Waals surface area contributed by atoms with Gasteiger partial charge in [-0.2, -0.15) is 0 Å². The summed E-state index contributed by atoms with van der Waals surface area (Å²) in [5.41, 5.74) is 4.01. The van der Waals surface area contributed by atoms with Gasteiger partial charge in [0.25, 0.3) is 5.91 Å². The van der Waals surface area contributed by atoms with Gasteiger partial charge in [-0.25, -0.2) is 4.79 Å². The van der Waals surface area contributed by atoms with E-state index in [0.29, 0.717) is 11.4 Å². The molecule has 0 spiro atoms. The number of amides is 2. The lowest BCUT2D eigenvalue weighted by Crippen LogP contribution is -2.34. The van der Waals surface area contributed by atoms with Gasteiger partial charge in [0.2, 0.25) is 0 Å². The number of ether oxygens (including phenoxy) is 1. The molecule has 2 heterocycles. The number of nitrogen functional groups attached to an aromatic ring is 1. The Bertz CT molecular complexity index is 744. The summed E-state index contributed by atoms with van der Waals surface area (Å²) in [5, 5.41) is 2.81. The van der Waals surface area contributed by atoms with Crippen molar-refractivity contribution in [2.24, 2.45) is 5.84 Å². The number of anilines is 2.